The van der Waals surface area contributed by atoms with Gasteiger partial charge in [0.05, 0.1) is 0 Å². The van der Waals surface area contributed by atoms with Crippen molar-refractivity contribution in [2.45, 2.75) is 0 Å². The predicted molar refractivity (Wildman–Crippen MR) is 70.8 cm³/mol. The van der Waals surface area contributed by atoms with Gasteiger partial charge in [0.2, 0.25) is 0 Å². The van der Waals surface area contributed by atoms with Crippen LogP contribution in [0.1, 0.15) is 0 Å². The van der Waals surface area contributed by atoms with Crippen molar-refractivity contribution >= 4 is 45.8 Å². The van der Waals surface area contributed by atoms with E-state index in [4.69, 9.17) is 0 Å². The van der Waals surface area contributed by atoms with E-state index in [2.05, 4.69) is 0 Å². The quantitative estimate of drug-likeness (QED) is 0.263. The van der Waals surface area contributed by atoms with Gasteiger partial charge in [-0.05, 0) is 0 Å². The van der Waals surface area contributed by atoms with E-state index in [-0.39, 0.29) is 0 Å². The topological polar surface area (TPSA) is 0 Å². The Morgan fingerprint density at radius 2 is 0.560 bits per heavy atom. The van der Waals surface area contributed by atoms with Gasteiger partial charge in [-0.2, -0.15) is 0 Å². The van der Waals surface area contributed by atoms with Crippen LogP contribution in [0.4, 0.5) is 43.9 Å². The van der Waals surface area contributed by atoms with Crippen LogP contribution in [0.2, 0.25) is 0 Å². The van der Waals surface area contributed by atoms with Gasteiger partial charge >= 0.3 is 148 Å². The third kappa shape index (κ3) is 3.68. The minimum atomic E-state index is -2.36. The van der Waals surface area contributed by atoms with E-state index in [1.54, 1.807) is 0 Å². The molecular formula is C12F10Ge2S. The Labute approximate surface area is 147 Å². The normalized spacial score (nSPS) is 11.3. The fraction of sp³-hybridized carbons (Fsp3) is 0. The Morgan fingerprint density at radius 1 is 0.360 bits per heavy atom. The summed E-state index contributed by atoms with van der Waals surface area (Å²) in [6, 6.07) is 0. The molecule has 2 aromatic rings. The Morgan fingerprint density at radius 3 is 0.800 bits per heavy atom. The second-order valence-electron chi connectivity index (χ2n) is 4.20. The molecule has 0 fully saturated rings. The van der Waals surface area contributed by atoms with Crippen molar-refractivity contribution < 1.29 is 43.9 Å². The second kappa shape index (κ2) is 7.82. The molecule has 0 amide bonds. The van der Waals surface area contributed by atoms with E-state index >= 15 is 0 Å². The summed E-state index contributed by atoms with van der Waals surface area (Å²) in [6.45, 7) is 0. The number of rotatable bonds is 4. The first-order valence-electron chi connectivity index (χ1n) is 5.80. The summed E-state index contributed by atoms with van der Waals surface area (Å²) in [5.41, 5.74) is 0. The van der Waals surface area contributed by atoms with Crippen LogP contribution >= 0.6 is 8.41 Å². The molecule has 0 N–H and O–H groups in total. The van der Waals surface area contributed by atoms with Gasteiger partial charge < -0.3 is 0 Å². The first-order valence-corrected chi connectivity index (χ1v) is 13.9. The van der Waals surface area contributed by atoms with Gasteiger partial charge in [0.25, 0.3) is 0 Å². The van der Waals surface area contributed by atoms with Crippen LogP contribution in [0.5, 0.6) is 0 Å². The molecule has 2 rings (SSSR count). The molecule has 0 heterocycles. The molecule has 132 valence electrons. The average molecular weight is 511 g/mol. The fourth-order valence-corrected chi connectivity index (χ4v) is 15.3. The molecule has 0 nitrogen and oxygen atoms in total. The van der Waals surface area contributed by atoms with Crippen LogP contribution in [0, 0.1) is 58.2 Å². The van der Waals surface area contributed by atoms with Crippen molar-refractivity contribution in [1.29, 1.82) is 0 Å². The zero-order valence-corrected chi connectivity index (χ0v) is 16.2. The summed E-state index contributed by atoms with van der Waals surface area (Å²) in [4.78, 5) is 0. The van der Waals surface area contributed by atoms with Crippen LogP contribution in [-0.2, 0) is 0 Å². The van der Waals surface area contributed by atoms with Gasteiger partial charge in [-0.25, -0.2) is 0 Å². The van der Waals surface area contributed by atoms with Gasteiger partial charge in [0, 0.05) is 0 Å². The van der Waals surface area contributed by atoms with Crippen molar-refractivity contribution in [1.82, 2.24) is 0 Å². The molecule has 0 saturated heterocycles. The third-order valence-corrected chi connectivity index (χ3v) is 15.7. The Kier molecular flexibility index (Phi) is 6.41. The number of hydrogen-bond acceptors (Lipinski definition) is 1. The van der Waals surface area contributed by atoms with Crippen molar-refractivity contribution in [3.8, 4) is 0 Å². The van der Waals surface area contributed by atoms with Gasteiger partial charge in [-0.1, -0.05) is 0 Å². The van der Waals surface area contributed by atoms with E-state index in [0.717, 1.165) is 0 Å². The summed E-state index contributed by atoms with van der Waals surface area (Å²) in [7, 11) is 0.441. The van der Waals surface area contributed by atoms with Crippen molar-refractivity contribution in [2.75, 3.05) is 0 Å². The predicted octanol–water partition coefficient (Wildman–Crippen LogP) is 3.00. The molecule has 0 bridgehead atoms. The monoisotopic (exact) mass is 514 g/mol. The van der Waals surface area contributed by atoms with Gasteiger partial charge in [0.1, 0.15) is 0 Å². The van der Waals surface area contributed by atoms with Gasteiger partial charge in [-0.3, -0.25) is 0 Å². The van der Waals surface area contributed by atoms with E-state index in [0.29, 0.717) is 8.41 Å². The van der Waals surface area contributed by atoms with Gasteiger partial charge in [0.15, 0.2) is 0 Å². The zero-order valence-electron chi connectivity index (χ0n) is 11.2. The van der Waals surface area contributed by atoms with Crippen LogP contribution in [0.15, 0.2) is 0 Å². The summed E-state index contributed by atoms with van der Waals surface area (Å²) in [5, 5.41) is 0. The molecule has 13 heteroatoms. The Balaban J connectivity index is 2.29. The second-order valence-corrected chi connectivity index (χ2v) is 17.4. The first-order chi connectivity index (χ1) is 11.6. The summed E-state index contributed by atoms with van der Waals surface area (Å²) in [6.07, 6.45) is 0. The third-order valence-electron chi connectivity index (χ3n) is 2.73. The minimum absolute atomic E-state index is 0.441. The summed E-state index contributed by atoms with van der Waals surface area (Å²) >= 11 is -4.38. The van der Waals surface area contributed by atoms with Crippen LogP contribution < -0.4 is 8.79 Å². The Bertz CT molecular complexity index is 729. The van der Waals surface area contributed by atoms with E-state index in [1.807, 2.05) is 0 Å². The average Bonchev–Trinajstić information content (AvgIpc) is 2.60. The molecule has 0 aliphatic carbocycles. The number of benzene rings is 2. The Hall–Kier alpha value is -0.824. The molecule has 25 heavy (non-hydrogen) atoms. The summed E-state index contributed by atoms with van der Waals surface area (Å²) < 4.78 is 129. The molecule has 0 aromatic heterocycles. The standard InChI is InChI=1S/C12F10Ge2S/c13-1-3(15)7(19)11(8(20)4(1)16)23-25-24-12-9(21)5(17)2(14)6(18)10(12)22. The molecule has 0 aliphatic rings. The molecule has 0 spiro atoms. The van der Waals surface area contributed by atoms with E-state index < -0.39 is 95.5 Å². The molecule has 0 saturated carbocycles. The van der Waals surface area contributed by atoms with Crippen LogP contribution in [-0.4, -0.2) is 28.6 Å². The molecule has 2 aromatic carbocycles. The maximum absolute atomic E-state index is 13.5. The van der Waals surface area contributed by atoms with E-state index in [1.165, 1.54) is 0 Å². The van der Waals surface area contributed by atoms with Crippen LogP contribution in [0.25, 0.3) is 0 Å². The SMILES string of the molecule is Fc1c(F)c(F)[c]([Ge][S][Ge][c]2c(F)c(F)c(F)c(F)c2F)c(F)c1F. The van der Waals surface area contributed by atoms with Crippen molar-refractivity contribution in [2.24, 2.45) is 0 Å². The number of hydrogen-bond donors (Lipinski definition) is 0. The van der Waals surface area contributed by atoms with Crippen molar-refractivity contribution in [3.05, 3.63) is 58.2 Å². The zero-order chi connectivity index (χ0) is 19.0. The van der Waals surface area contributed by atoms with Crippen molar-refractivity contribution in [3.63, 3.8) is 0 Å². The maximum atomic E-state index is 13.5. The molecule has 0 unspecified atom stereocenters. The molecular weight excluding hydrogens is 511 g/mol. The van der Waals surface area contributed by atoms with E-state index in [9.17, 15) is 43.9 Å². The van der Waals surface area contributed by atoms with Gasteiger partial charge in [-0.15, -0.1) is 0 Å². The fourth-order valence-electron chi connectivity index (χ4n) is 1.52. The molecule has 0 atom stereocenters. The first kappa shape index (κ1) is 20.5. The van der Waals surface area contributed by atoms with Crippen LogP contribution in [0.3, 0.4) is 0 Å². The summed E-state index contributed by atoms with van der Waals surface area (Å²) in [5.74, 6) is -21.7. The molecule has 4 radical (unpaired) electrons. The molecule has 0 aliphatic heterocycles. The number of halogens is 10.